The number of carbonyl (C=O) groups is 2. The maximum absolute atomic E-state index is 13.9. The second-order valence-electron chi connectivity index (χ2n) is 10.0. The lowest BCUT2D eigenvalue weighted by atomic mass is 9.89. The zero-order chi connectivity index (χ0) is 27.8. The van der Waals surface area contributed by atoms with Crippen LogP contribution >= 0.6 is 11.6 Å². The monoisotopic (exact) mass is 550 g/mol. The minimum Gasteiger partial charge on any atom is -0.369 e. The number of hydrogen-bond acceptors (Lipinski definition) is 5. The fourth-order valence-electron chi connectivity index (χ4n) is 4.98. The summed E-state index contributed by atoms with van der Waals surface area (Å²) in [5.41, 5.74) is -2.89. The number of anilines is 1. The van der Waals surface area contributed by atoms with Gasteiger partial charge in [0.25, 0.3) is 17.4 Å². The molecule has 1 aliphatic carbocycles. The van der Waals surface area contributed by atoms with Crippen molar-refractivity contribution in [3.63, 3.8) is 0 Å². The number of carbonyl (C=O) groups excluding carboxylic acids is 2. The number of hydrogen-bond donors (Lipinski definition) is 1. The fourth-order valence-corrected chi connectivity index (χ4v) is 5.21. The average Bonchev–Trinajstić information content (AvgIpc) is 3.66. The van der Waals surface area contributed by atoms with Crippen molar-refractivity contribution in [2.24, 2.45) is 11.8 Å². The number of likely N-dealkylation sites (N-methyl/N-ethyl adjacent to an activating group) is 1. The molecule has 1 aromatic heterocycles. The first kappa shape index (κ1) is 27.9. The Bertz CT molecular complexity index is 1230. The van der Waals surface area contributed by atoms with Gasteiger partial charge < -0.3 is 19.8 Å². The highest BCUT2D eigenvalue weighted by atomic mass is 35.5. The van der Waals surface area contributed by atoms with Crippen LogP contribution in [0.3, 0.4) is 0 Å². The lowest BCUT2D eigenvalue weighted by Crippen LogP contribution is -2.55. The van der Waals surface area contributed by atoms with E-state index in [1.54, 1.807) is 26.2 Å². The van der Waals surface area contributed by atoms with Crippen molar-refractivity contribution < 1.29 is 27.9 Å². The quantitative estimate of drug-likeness (QED) is 0.415. The van der Waals surface area contributed by atoms with Crippen molar-refractivity contribution in [2.75, 3.05) is 45.7 Å². The maximum Gasteiger partial charge on any atom is 0.430 e. The van der Waals surface area contributed by atoms with Gasteiger partial charge in [0.1, 0.15) is 11.0 Å². The number of pyridine rings is 1. The van der Waals surface area contributed by atoms with E-state index in [1.807, 2.05) is 6.08 Å². The zero-order valence-corrected chi connectivity index (χ0v) is 22.1. The summed E-state index contributed by atoms with van der Waals surface area (Å²) in [7, 11) is 4.57. The van der Waals surface area contributed by atoms with Crippen molar-refractivity contribution in [1.29, 1.82) is 0 Å². The summed E-state index contributed by atoms with van der Waals surface area (Å²) < 4.78 is 41.6. The molecule has 2 aromatic rings. The third-order valence-corrected chi connectivity index (χ3v) is 7.52. The molecular weight excluding hydrogens is 521 g/mol. The highest BCUT2D eigenvalue weighted by molar-refractivity contribution is 6.32. The summed E-state index contributed by atoms with van der Waals surface area (Å²) >= 11 is 6.26. The normalized spacial score (nSPS) is 19.4. The molecule has 1 N–H and O–H groups in total. The highest BCUT2D eigenvalue weighted by Gasteiger charge is 2.61. The van der Waals surface area contributed by atoms with E-state index < -0.39 is 23.2 Å². The van der Waals surface area contributed by atoms with E-state index in [-0.39, 0.29) is 23.5 Å². The molecule has 0 bridgehead atoms. The molecule has 0 radical (unpaired) electrons. The van der Waals surface area contributed by atoms with Crippen LogP contribution in [0.25, 0.3) is 0 Å². The molecule has 2 aliphatic rings. The number of aromatic nitrogens is 1. The van der Waals surface area contributed by atoms with E-state index in [1.165, 1.54) is 30.1 Å². The lowest BCUT2D eigenvalue weighted by molar-refractivity contribution is -0.261. The van der Waals surface area contributed by atoms with Gasteiger partial charge >= 0.3 is 6.18 Å². The van der Waals surface area contributed by atoms with Crippen LogP contribution in [0.15, 0.2) is 54.1 Å². The third kappa shape index (κ3) is 5.37. The zero-order valence-electron chi connectivity index (χ0n) is 21.4. The van der Waals surface area contributed by atoms with Gasteiger partial charge in [0.05, 0.1) is 5.56 Å². The van der Waals surface area contributed by atoms with E-state index in [0.29, 0.717) is 30.4 Å². The van der Waals surface area contributed by atoms with Gasteiger partial charge in [0.15, 0.2) is 0 Å². The molecule has 2 atom stereocenters. The van der Waals surface area contributed by atoms with Gasteiger partial charge in [0, 0.05) is 52.3 Å². The van der Waals surface area contributed by atoms with Gasteiger partial charge in [-0.2, -0.15) is 13.2 Å². The number of halogens is 4. The average molecular weight is 551 g/mol. The molecule has 1 aliphatic heterocycles. The van der Waals surface area contributed by atoms with Crippen LogP contribution < -0.4 is 4.90 Å². The van der Waals surface area contributed by atoms with Crippen LogP contribution in [0, 0.1) is 11.8 Å². The summed E-state index contributed by atoms with van der Waals surface area (Å²) in [6, 6.07) is 9.87. The molecule has 0 saturated carbocycles. The van der Waals surface area contributed by atoms with Crippen molar-refractivity contribution in [1.82, 2.24) is 14.8 Å². The Kier molecular flexibility index (Phi) is 7.76. The standard InChI is InChI=1S/C27H30ClF3N4O3/c1-33(2)24(36)20-9-10-22(32-23(20)28)35-13-11-17(12-14-35)21-15-18(21)16-34(3)25(37)26(38,27(29,30)31)19-7-5-4-6-8-19/h4-10,15,17,21,38H,11-14,16H2,1-3H3/t21-,26?/m1/s1. The first-order valence-corrected chi connectivity index (χ1v) is 12.7. The van der Waals surface area contributed by atoms with E-state index in [4.69, 9.17) is 11.6 Å². The van der Waals surface area contributed by atoms with Crippen molar-refractivity contribution in [2.45, 2.75) is 24.6 Å². The summed E-state index contributed by atoms with van der Waals surface area (Å²) in [5, 5.41) is 10.7. The summed E-state index contributed by atoms with van der Waals surface area (Å²) in [6.45, 7) is 1.44. The largest absolute Gasteiger partial charge is 0.430 e. The van der Waals surface area contributed by atoms with Gasteiger partial charge in [-0.25, -0.2) is 4.98 Å². The summed E-state index contributed by atoms with van der Waals surface area (Å²) in [6.07, 6.45) is -1.53. The Balaban J connectivity index is 1.33. The molecule has 11 heteroatoms. The predicted molar refractivity (Wildman–Crippen MR) is 138 cm³/mol. The lowest BCUT2D eigenvalue weighted by Gasteiger charge is -2.34. The Morgan fingerprint density at radius 2 is 1.71 bits per heavy atom. The van der Waals surface area contributed by atoms with Crippen molar-refractivity contribution in [3.8, 4) is 0 Å². The number of alkyl halides is 3. The molecule has 2 amide bonds. The Morgan fingerprint density at radius 1 is 1.08 bits per heavy atom. The smallest absolute Gasteiger partial charge is 0.369 e. The molecule has 4 rings (SSSR count). The SMILES string of the molecule is CN(C)C(=O)c1ccc(N2CCC([C@H]3C=C3CN(C)C(=O)C(O)(c3ccccc3)C(F)(F)F)CC2)nc1Cl. The van der Waals surface area contributed by atoms with Gasteiger partial charge in [-0.15, -0.1) is 0 Å². The number of amides is 2. The number of aliphatic hydroxyl groups is 1. The van der Waals surface area contributed by atoms with Crippen LogP contribution in [0.5, 0.6) is 0 Å². The molecule has 7 nitrogen and oxygen atoms in total. The number of rotatable bonds is 7. The molecular formula is C27H30ClF3N4O3. The minimum atomic E-state index is -5.17. The second-order valence-corrected chi connectivity index (χ2v) is 10.4. The molecule has 2 heterocycles. The number of piperidine rings is 1. The highest BCUT2D eigenvalue weighted by Crippen LogP contribution is 2.44. The molecule has 38 heavy (non-hydrogen) atoms. The minimum absolute atomic E-state index is 0.0213. The van der Waals surface area contributed by atoms with Crippen LogP contribution in [-0.4, -0.2) is 78.7 Å². The van der Waals surface area contributed by atoms with Crippen molar-refractivity contribution >= 4 is 29.2 Å². The predicted octanol–water partition coefficient (Wildman–Crippen LogP) is 4.12. The molecule has 1 unspecified atom stereocenters. The third-order valence-electron chi connectivity index (χ3n) is 7.23. The van der Waals surface area contributed by atoms with Crippen LogP contribution in [0.1, 0.15) is 28.8 Å². The van der Waals surface area contributed by atoms with Crippen LogP contribution in [0.2, 0.25) is 5.15 Å². The van der Waals surface area contributed by atoms with Gasteiger partial charge in [-0.1, -0.05) is 48.0 Å². The second kappa shape index (κ2) is 10.6. The van der Waals surface area contributed by atoms with Crippen LogP contribution in [-0.2, 0) is 10.4 Å². The fraction of sp³-hybridized carbons (Fsp3) is 0.444. The van der Waals surface area contributed by atoms with E-state index >= 15 is 0 Å². The molecule has 1 fully saturated rings. The molecule has 1 aromatic carbocycles. The van der Waals surface area contributed by atoms with Gasteiger partial charge in [-0.3, -0.25) is 9.59 Å². The maximum atomic E-state index is 13.9. The summed E-state index contributed by atoms with van der Waals surface area (Å²) in [4.78, 5) is 33.9. The number of allylic oxidation sites excluding steroid dienone is 1. The van der Waals surface area contributed by atoms with Crippen molar-refractivity contribution in [3.05, 3.63) is 70.4 Å². The number of nitrogens with zero attached hydrogens (tertiary/aromatic N) is 4. The molecule has 0 spiro atoms. The van der Waals surface area contributed by atoms with Gasteiger partial charge in [0.2, 0.25) is 0 Å². The van der Waals surface area contributed by atoms with E-state index in [2.05, 4.69) is 9.88 Å². The Labute approximate surface area is 224 Å². The first-order chi connectivity index (χ1) is 17.8. The van der Waals surface area contributed by atoms with Crippen LogP contribution in [0.4, 0.5) is 19.0 Å². The van der Waals surface area contributed by atoms with E-state index in [0.717, 1.165) is 35.4 Å². The molecule has 1 saturated heterocycles. The Hall–Kier alpha value is -3.11. The number of benzene rings is 1. The Morgan fingerprint density at radius 3 is 2.26 bits per heavy atom. The topological polar surface area (TPSA) is 77.0 Å². The summed E-state index contributed by atoms with van der Waals surface area (Å²) in [5.74, 6) is -0.534. The van der Waals surface area contributed by atoms with E-state index in [9.17, 15) is 27.9 Å². The molecule has 204 valence electrons. The van der Waals surface area contributed by atoms with Gasteiger partial charge in [-0.05, 0) is 36.5 Å². The first-order valence-electron chi connectivity index (χ1n) is 12.3.